The molecule has 0 unspecified atom stereocenters. The van der Waals surface area contributed by atoms with Crippen molar-refractivity contribution in [2.75, 3.05) is 17.2 Å². The zero-order valence-corrected chi connectivity index (χ0v) is 18.8. The second-order valence-corrected chi connectivity index (χ2v) is 6.88. The third-order valence-electron chi connectivity index (χ3n) is 4.18. The van der Waals surface area contributed by atoms with Crippen molar-refractivity contribution in [2.24, 2.45) is 0 Å². The number of aromatic amines is 1. The minimum absolute atomic E-state index is 0. The van der Waals surface area contributed by atoms with Crippen molar-refractivity contribution in [1.82, 2.24) is 15.0 Å². The number of amides is 2. The summed E-state index contributed by atoms with van der Waals surface area (Å²) in [6.45, 7) is 3.70. The van der Waals surface area contributed by atoms with Gasteiger partial charge in [0.1, 0.15) is 5.75 Å². The van der Waals surface area contributed by atoms with Gasteiger partial charge in [-0.3, -0.25) is 4.79 Å². The van der Waals surface area contributed by atoms with Gasteiger partial charge in [0, 0.05) is 18.0 Å². The maximum atomic E-state index is 13.0. The molecule has 33 heavy (non-hydrogen) atoms. The molecule has 8 nitrogen and oxygen atoms in total. The van der Waals surface area contributed by atoms with Crippen LogP contribution < -0.4 is 20.9 Å². The van der Waals surface area contributed by atoms with E-state index < -0.39 is 22.8 Å². The van der Waals surface area contributed by atoms with Gasteiger partial charge in [0.25, 0.3) is 5.56 Å². The number of alkyl halides is 3. The van der Waals surface area contributed by atoms with E-state index in [1.165, 1.54) is 24.5 Å². The van der Waals surface area contributed by atoms with Crippen molar-refractivity contribution in [3.8, 4) is 17.1 Å². The Kier molecular flexibility index (Phi) is 8.29. The number of rotatable bonds is 5. The number of carbonyl (C=O) groups is 1. The molecule has 0 atom stereocenters. The molecular formula is C20H18Cl2F3N5O3. The largest absolute Gasteiger partial charge is 0.493 e. The Balaban J connectivity index is 0.00000385. The maximum Gasteiger partial charge on any atom is 0.417 e. The second-order valence-electron chi connectivity index (χ2n) is 6.47. The number of nitrogens with one attached hydrogen (secondary N) is 3. The van der Waals surface area contributed by atoms with Gasteiger partial charge in [-0.05, 0) is 32.0 Å². The third-order valence-corrected chi connectivity index (χ3v) is 4.51. The number of hydrogen-bond acceptors (Lipinski definition) is 5. The van der Waals surface area contributed by atoms with Gasteiger partial charge in [0.05, 0.1) is 40.3 Å². The summed E-state index contributed by atoms with van der Waals surface area (Å²) in [5.74, 6) is 0.554. The molecule has 2 aromatic heterocycles. The number of aryl methyl sites for hydroxylation is 1. The Morgan fingerprint density at radius 1 is 1.24 bits per heavy atom. The number of H-pyrrole nitrogens is 1. The van der Waals surface area contributed by atoms with Crippen LogP contribution in [0.15, 0.2) is 41.5 Å². The standard InChI is InChI=1S/C20H17ClF3N5O3.ClH/c1-3-32-16-7-17(30)25-8-12(16)18-26-9-15(10(2)27-18)29-19(31)28-11-4-5-14(21)13(6-11)20(22,23)24;/h4-9H,3H2,1-2H3,(H,25,30)(H2,28,29,31);1H. The van der Waals surface area contributed by atoms with E-state index in [-0.39, 0.29) is 35.2 Å². The Labute approximate surface area is 197 Å². The van der Waals surface area contributed by atoms with Crippen molar-refractivity contribution in [1.29, 1.82) is 0 Å². The zero-order valence-electron chi connectivity index (χ0n) is 17.2. The Morgan fingerprint density at radius 3 is 2.61 bits per heavy atom. The molecule has 0 aliphatic carbocycles. The Morgan fingerprint density at radius 2 is 1.97 bits per heavy atom. The number of benzene rings is 1. The molecule has 2 amide bonds. The topological polar surface area (TPSA) is 109 Å². The summed E-state index contributed by atoms with van der Waals surface area (Å²) < 4.78 is 44.4. The quantitative estimate of drug-likeness (QED) is 0.438. The van der Waals surface area contributed by atoms with E-state index in [0.29, 0.717) is 23.6 Å². The van der Waals surface area contributed by atoms with Crippen LogP contribution in [0.3, 0.4) is 0 Å². The fraction of sp³-hybridized carbons (Fsp3) is 0.200. The van der Waals surface area contributed by atoms with Gasteiger partial charge < -0.3 is 20.4 Å². The number of nitrogens with zero attached hydrogens (tertiary/aromatic N) is 2. The smallest absolute Gasteiger partial charge is 0.417 e. The maximum absolute atomic E-state index is 13.0. The monoisotopic (exact) mass is 503 g/mol. The highest BCUT2D eigenvalue weighted by Crippen LogP contribution is 2.36. The predicted octanol–water partition coefficient (Wildman–Crippen LogP) is 5.28. The lowest BCUT2D eigenvalue weighted by Gasteiger charge is -2.13. The first-order chi connectivity index (χ1) is 15.1. The van der Waals surface area contributed by atoms with Crippen molar-refractivity contribution in [3.05, 3.63) is 63.3 Å². The lowest BCUT2D eigenvalue weighted by Crippen LogP contribution is -2.21. The Hall–Kier alpha value is -3.31. The van der Waals surface area contributed by atoms with Crippen LogP contribution in [0, 0.1) is 6.92 Å². The molecule has 0 saturated carbocycles. The minimum Gasteiger partial charge on any atom is -0.493 e. The summed E-state index contributed by atoms with van der Waals surface area (Å²) in [5.41, 5.74) is -0.438. The number of urea groups is 1. The summed E-state index contributed by atoms with van der Waals surface area (Å²) in [5, 5.41) is 4.32. The van der Waals surface area contributed by atoms with Gasteiger partial charge in [0.2, 0.25) is 0 Å². The van der Waals surface area contributed by atoms with E-state index in [2.05, 4.69) is 25.6 Å². The SMILES string of the molecule is CCOc1cc(=O)[nH]cc1-c1ncc(NC(=O)Nc2ccc(Cl)c(C(F)(F)F)c2)c(C)n1.Cl. The zero-order chi connectivity index (χ0) is 23.5. The molecule has 2 heterocycles. The van der Waals surface area contributed by atoms with Crippen molar-refractivity contribution < 1.29 is 22.7 Å². The molecule has 0 aliphatic heterocycles. The molecule has 3 aromatic rings. The van der Waals surface area contributed by atoms with Gasteiger partial charge in [-0.25, -0.2) is 14.8 Å². The molecule has 13 heteroatoms. The highest BCUT2D eigenvalue weighted by molar-refractivity contribution is 6.31. The van der Waals surface area contributed by atoms with Crippen LogP contribution >= 0.6 is 24.0 Å². The third kappa shape index (κ3) is 6.36. The fourth-order valence-corrected chi connectivity index (χ4v) is 2.95. The van der Waals surface area contributed by atoms with Crippen molar-refractivity contribution in [2.45, 2.75) is 20.0 Å². The van der Waals surface area contributed by atoms with Gasteiger partial charge in [0.15, 0.2) is 5.82 Å². The second kappa shape index (κ2) is 10.5. The molecule has 0 spiro atoms. The molecule has 3 N–H and O–H groups in total. The molecule has 0 aliphatic rings. The van der Waals surface area contributed by atoms with E-state index in [9.17, 15) is 22.8 Å². The van der Waals surface area contributed by atoms with E-state index >= 15 is 0 Å². The predicted molar refractivity (Wildman–Crippen MR) is 120 cm³/mol. The first-order valence-corrected chi connectivity index (χ1v) is 9.60. The van der Waals surface area contributed by atoms with Crippen LogP contribution in [-0.2, 0) is 6.18 Å². The summed E-state index contributed by atoms with van der Waals surface area (Å²) in [6.07, 6.45) is -1.91. The lowest BCUT2D eigenvalue weighted by molar-refractivity contribution is -0.137. The van der Waals surface area contributed by atoms with Gasteiger partial charge in [-0.15, -0.1) is 12.4 Å². The van der Waals surface area contributed by atoms with Crippen molar-refractivity contribution in [3.63, 3.8) is 0 Å². The number of anilines is 2. The average Bonchev–Trinajstić information content (AvgIpc) is 2.70. The number of ether oxygens (including phenoxy) is 1. The van der Waals surface area contributed by atoms with Crippen LogP contribution in [0.2, 0.25) is 5.02 Å². The normalized spacial score (nSPS) is 10.8. The van der Waals surface area contributed by atoms with Crippen LogP contribution in [0.25, 0.3) is 11.4 Å². The van der Waals surface area contributed by atoms with E-state index in [1.807, 2.05) is 0 Å². The number of carbonyl (C=O) groups excluding carboxylic acids is 1. The summed E-state index contributed by atoms with van der Waals surface area (Å²) in [4.78, 5) is 34.8. The van der Waals surface area contributed by atoms with Crippen molar-refractivity contribution >= 4 is 41.4 Å². The summed E-state index contributed by atoms with van der Waals surface area (Å²) in [6, 6.07) is 3.51. The highest BCUT2D eigenvalue weighted by atomic mass is 35.5. The molecule has 176 valence electrons. The lowest BCUT2D eigenvalue weighted by atomic mass is 10.2. The van der Waals surface area contributed by atoms with Gasteiger partial charge >= 0.3 is 12.2 Å². The van der Waals surface area contributed by atoms with Crippen LogP contribution in [0.4, 0.5) is 29.3 Å². The summed E-state index contributed by atoms with van der Waals surface area (Å²) in [7, 11) is 0. The van der Waals surface area contributed by atoms with Crippen LogP contribution in [0.1, 0.15) is 18.2 Å². The molecule has 3 rings (SSSR count). The number of aromatic nitrogens is 3. The average molecular weight is 504 g/mol. The molecule has 0 saturated heterocycles. The van der Waals surface area contributed by atoms with E-state index in [1.54, 1.807) is 13.8 Å². The summed E-state index contributed by atoms with van der Waals surface area (Å²) >= 11 is 5.58. The number of hydrogen-bond donors (Lipinski definition) is 3. The van der Waals surface area contributed by atoms with Gasteiger partial charge in [-0.1, -0.05) is 11.6 Å². The molecule has 0 fully saturated rings. The first-order valence-electron chi connectivity index (χ1n) is 9.22. The molecular weight excluding hydrogens is 486 g/mol. The van der Waals surface area contributed by atoms with E-state index in [0.717, 1.165) is 12.1 Å². The minimum atomic E-state index is -4.66. The van der Waals surface area contributed by atoms with Crippen LogP contribution in [-0.4, -0.2) is 27.6 Å². The fourth-order valence-electron chi connectivity index (χ4n) is 2.73. The number of halogens is 5. The Bertz CT molecular complexity index is 1220. The highest BCUT2D eigenvalue weighted by Gasteiger charge is 2.33. The first kappa shape index (κ1) is 25.9. The molecule has 0 bridgehead atoms. The van der Waals surface area contributed by atoms with Gasteiger partial charge in [-0.2, -0.15) is 13.2 Å². The molecule has 0 radical (unpaired) electrons. The van der Waals surface area contributed by atoms with Crippen LogP contribution in [0.5, 0.6) is 5.75 Å². The molecule has 1 aromatic carbocycles. The van der Waals surface area contributed by atoms with E-state index in [4.69, 9.17) is 16.3 Å². The number of pyridine rings is 1.